The number of carbonyl (C=O) groups excluding carboxylic acids is 1. The van der Waals surface area contributed by atoms with Crippen LogP contribution in [-0.2, 0) is 9.53 Å². The average Bonchev–Trinajstić information content (AvgIpc) is 2.49. The van der Waals surface area contributed by atoms with Crippen LogP contribution in [0.3, 0.4) is 0 Å². The zero-order valence-electron chi connectivity index (χ0n) is 8.96. The molecular weight excluding hydrogens is 166 g/mol. The van der Waals surface area contributed by atoms with Crippen LogP contribution in [0.5, 0.6) is 0 Å². The van der Waals surface area contributed by atoms with E-state index in [1.165, 1.54) is 7.11 Å². The van der Waals surface area contributed by atoms with Crippen LogP contribution in [0, 0.1) is 0 Å². The molecule has 0 unspecified atom stereocenters. The van der Waals surface area contributed by atoms with Crippen molar-refractivity contribution in [1.29, 1.82) is 0 Å². The van der Waals surface area contributed by atoms with E-state index in [4.69, 9.17) is 4.74 Å². The van der Waals surface area contributed by atoms with E-state index in [2.05, 4.69) is 25.7 Å². The summed E-state index contributed by atoms with van der Waals surface area (Å²) in [5.41, 5.74) is 0.0648. The molecule has 1 atom stereocenters. The molecule has 0 N–H and O–H groups in total. The van der Waals surface area contributed by atoms with Crippen molar-refractivity contribution in [1.82, 2.24) is 4.90 Å². The van der Waals surface area contributed by atoms with E-state index in [-0.39, 0.29) is 17.6 Å². The minimum Gasteiger partial charge on any atom is -0.468 e. The molecule has 0 amide bonds. The maximum atomic E-state index is 11.4. The maximum Gasteiger partial charge on any atom is 0.323 e. The van der Waals surface area contributed by atoms with Crippen LogP contribution >= 0.6 is 0 Å². The van der Waals surface area contributed by atoms with Crippen LogP contribution in [0.25, 0.3) is 0 Å². The second-order valence-electron chi connectivity index (χ2n) is 4.55. The fourth-order valence-electron chi connectivity index (χ4n) is 1.95. The highest BCUT2D eigenvalue weighted by Gasteiger charge is 2.37. The van der Waals surface area contributed by atoms with Crippen LogP contribution in [-0.4, -0.2) is 36.1 Å². The molecule has 76 valence electrons. The number of nitrogens with zero attached hydrogens (tertiary/aromatic N) is 1. The van der Waals surface area contributed by atoms with Gasteiger partial charge in [-0.3, -0.25) is 9.69 Å². The Hall–Kier alpha value is -0.570. The van der Waals surface area contributed by atoms with Crippen LogP contribution in [0.4, 0.5) is 0 Å². The van der Waals surface area contributed by atoms with Gasteiger partial charge in [-0.15, -0.1) is 0 Å². The maximum absolute atomic E-state index is 11.4. The van der Waals surface area contributed by atoms with Crippen molar-refractivity contribution in [2.45, 2.75) is 45.2 Å². The number of likely N-dealkylation sites (tertiary alicyclic amines) is 1. The molecule has 1 aliphatic rings. The Bertz CT molecular complexity index is 196. The predicted octanol–water partition coefficient (Wildman–Crippen LogP) is 1.42. The van der Waals surface area contributed by atoms with Gasteiger partial charge in [-0.1, -0.05) is 0 Å². The van der Waals surface area contributed by atoms with Crippen molar-refractivity contribution >= 4 is 5.97 Å². The molecule has 0 aromatic heterocycles. The Labute approximate surface area is 80.1 Å². The van der Waals surface area contributed by atoms with Gasteiger partial charge < -0.3 is 4.74 Å². The molecule has 1 heterocycles. The standard InChI is InChI=1S/C10H19NO2/c1-10(2,3)11-7-5-6-8(11)9(12)13-4/h8H,5-7H2,1-4H3/t8-/m0/s1. The van der Waals surface area contributed by atoms with Crippen molar-refractivity contribution in [3.63, 3.8) is 0 Å². The molecule has 0 aliphatic carbocycles. The first-order valence-electron chi connectivity index (χ1n) is 4.81. The summed E-state index contributed by atoms with van der Waals surface area (Å²) in [6, 6.07) is -0.0231. The Morgan fingerprint density at radius 1 is 1.46 bits per heavy atom. The Kier molecular flexibility index (Phi) is 2.96. The summed E-state index contributed by atoms with van der Waals surface area (Å²) in [4.78, 5) is 13.6. The van der Waals surface area contributed by atoms with Gasteiger partial charge in [0, 0.05) is 5.54 Å². The molecule has 1 rings (SSSR count). The normalized spacial score (nSPS) is 24.8. The number of esters is 1. The highest BCUT2D eigenvalue weighted by atomic mass is 16.5. The van der Waals surface area contributed by atoms with Gasteiger partial charge in [-0.2, -0.15) is 0 Å². The third kappa shape index (κ3) is 2.21. The van der Waals surface area contributed by atoms with Gasteiger partial charge in [-0.25, -0.2) is 0 Å². The van der Waals surface area contributed by atoms with E-state index in [0.29, 0.717) is 0 Å². The summed E-state index contributed by atoms with van der Waals surface area (Å²) in [6.07, 6.45) is 2.03. The topological polar surface area (TPSA) is 29.5 Å². The molecule has 13 heavy (non-hydrogen) atoms. The summed E-state index contributed by atoms with van der Waals surface area (Å²) >= 11 is 0. The second-order valence-corrected chi connectivity index (χ2v) is 4.55. The first-order valence-corrected chi connectivity index (χ1v) is 4.81. The Morgan fingerprint density at radius 2 is 2.08 bits per heavy atom. The number of rotatable bonds is 1. The monoisotopic (exact) mass is 185 g/mol. The summed E-state index contributed by atoms with van der Waals surface area (Å²) in [5, 5.41) is 0. The van der Waals surface area contributed by atoms with E-state index in [9.17, 15) is 4.79 Å². The molecule has 0 spiro atoms. The van der Waals surface area contributed by atoms with Crippen molar-refractivity contribution in [2.24, 2.45) is 0 Å². The minimum atomic E-state index is -0.0903. The molecule has 3 heteroatoms. The zero-order valence-corrected chi connectivity index (χ0v) is 8.96. The van der Waals surface area contributed by atoms with Crippen molar-refractivity contribution in [3.05, 3.63) is 0 Å². The van der Waals surface area contributed by atoms with Gasteiger partial charge in [-0.05, 0) is 40.2 Å². The van der Waals surface area contributed by atoms with Gasteiger partial charge in [0.05, 0.1) is 7.11 Å². The van der Waals surface area contributed by atoms with Crippen molar-refractivity contribution in [2.75, 3.05) is 13.7 Å². The number of ether oxygens (including phenoxy) is 1. The van der Waals surface area contributed by atoms with Crippen LogP contribution < -0.4 is 0 Å². The van der Waals surface area contributed by atoms with Gasteiger partial charge in [0.2, 0.25) is 0 Å². The molecule has 1 fully saturated rings. The molecule has 0 saturated carbocycles. The molecule has 0 bridgehead atoms. The van der Waals surface area contributed by atoms with Crippen LogP contribution in [0.2, 0.25) is 0 Å². The molecule has 1 aliphatic heterocycles. The lowest BCUT2D eigenvalue weighted by atomic mass is 10.0. The van der Waals surface area contributed by atoms with Gasteiger partial charge in [0.25, 0.3) is 0 Å². The molecule has 1 saturated heterocycles. The summed E-state index contributed by atoms with van der Waals surface area (Å²) < 4.78 is 4.78. The van der Waals surface area contributed by atoms with E-state index in [1.54, 1.807) is 0 Å². The molecule has 0 aromatic carbocycles. The lowest BCUT2D eigenvalue weighted by Crippen LogP contribution is -2.48. The number of carbonyl (C=O) groups is 1. The third-order valence-corrected chi connectivity index (χ3v) is 2.59. The van der Waals surface area contributed by atoms with E-state index in [1.807, 2.05) is 0 Å². The quantitative estimate of drug-likeness (QED) is 0.579. The molecule has 0 radical (unpaired) electrons. The van der Waals surface area contributed by atoms with E-state index in [0.717, 1.165) is 19.4 Å². The van der Waals surface area contributed by atoms with E-state index >= 15 is 0 Å². The zero-order chi connectivity index (χ0) is 10.1. The highest BCUT2D eigenvalue weighted by molar-refractivity contribution is 5.76. The molecular formula is C10H19NO2. The number of hydrogen-bond donors (Lipinski definition) is 0. The largest absolute Gasteiger partial charge is 0.468 e. The van der Waals surface area contributed by atoms with Crippen molar-refractivity contribution < 1.29 is 9.53 Å². The lowest BCUT2D eigenvalue weighted by Gasteiger charge is -2.35. The predicted molar refractivity (Wildman–Crippen MR) is 51.5 cm³/mol. The fourth-order valence-corrected chi connectivity index (χ4v) is 1.95. The summed E-state index contributed by atoms with van der Waals surface area (Å²) in [6.45, 7) is 7.40. The Morgan fingerprint density at radius 3 is 2.54 bits per heavy atom. The van der Waals surface area contributed by atoms with Gasteiger partial charge in [0.1, 0.15) is 6.04 Å². The first kappa shape index (κ1) is 10.5. The fraction of sp³-hybridized carbons (Fsp3) is 0.900. The average molecular weight is 185 g/mol. The smallest absolute Gasteiger partial charge is 0.323 e. The van der Waals surface area contributed by atoms with Crippen molar-refractivity contribution in [3.8, 4) is 0 Å². The van der Waals surface area contributed by atoms with E-state index < -0.39 is 0 Å². The van der Waals surface area contributed by atoms with Gasteiger partial charge >= 0.3 is 5.97 Å². The minimum absolute atomic E-state index is 0.0231. The highest BCUT2D eigenvalue weighted by Crippen LogP contribution is 2.26. The SMILES string of the molecule is COC(=O)[C@@H]1CCCN1C(C)(C)C. The second kappa shape index (κ2) is 3.66. The number of methoxy groups -OCH3 is 1. The van der Waals surface area contributed by atoms with Crippen LogP contribution in [0.15, 0.2) is 0 Å². The third-order valence-electron chi connectivity index (χ3n) is 2.59. The lowest BCUT2D eigenvalue weighted by molar-refractivity contribution is -0.147. The summed E-state index contributed by atoms with van der Waals surface area (Å²) in [7, 11) is 1.46. The van der Waals surface area contributed by atoms with Gasteiger partial charge in [0.15, 0.2) is 0 Å². The Balaban J connectivity index is 2.70. The first-order chi connectivity index (χ1) is 5.96. The summed E-state index contributed by atoms with van der Waals surface area (Å²) in [5.74, 6) is -0.0903. The van der Waals surface area contributed by atoms with Crippen LogP contribution in [0.1, 0.15) is 33.6 Å². The molecule has 3 nitrogen and oxygen atoms in total. The number of hydrogen-bond acceptors (Lipinski definition) is 3. The molecule has 0 aromatic rings.